The maximum atomic E-state index is 5.96. The van der Waals surface area contributed by atoms with E-state index in [-0.39, 0.29) is 11.0 Å². The Morgan fingerprint density at radius 3 is 2.19 bits per heavy atom. The SMILES string of the molecule is C#CCOc1ccc(C(C)CC(C)(O[SiH3])C(C)(C)C)cc1. The molecule has 0 amide bonds. The van der Waals surface area contributed by atoms with E-state index >= 15 is 0 Å². The summed E-state index contributed by atoms with van der Waals surface area (Å²) in [5, 5.41) is 0. The van der Waals surface area contributed by atoms with Gasteiger partial charge >= 0.3 is 0 Å². The van der Waals surface area contributed by atoms with Crippen molar-refractivity contribution in [3.05, 3.63) is 29.8 Å². The summed E-state index contributed by atoms with van der Waals surface area (Å²) in [5.41, 5.74) is 1.33. The summed E-state index contributed by atoms with van der Waals surface area (Å²) in [7, 11) is 0.756. The van der Waals surface area contributed by atoms with Crippen molar-refractivity contribution in [3.63, 3.8) is 0 Å². The lowest BCUT2D eigenvalue weighted by Crippen LogP contribution is -2.43. The van der Waals surface area contributed by atoms with E-state index in [1.807, 2.05) is 12.1 Å². The van der Waals surface area contributed by atoms with Gasteiger partial charge in [0, 0.05) is 0 Å². The fourth-order valence-corrected chi connectivity index (χ4v) is 3.19. The quantitative estimate of drug-likeness (QED) is 0.593. The molecule has 1 rings (SSSR count). The number of benzene rings is 1. The molecule has 0 radical (unpaired) electrons. The summed E-state index contributed by atoms with van der Waals surface area (Å²) in [4.78, 5) is 0. The Bertz CT molecular complexity index is 481. The van der Waals surface area contributed by atoms with Crippen LogP contribution < -0.4 is 4.74 Å². The molecule has 0 aliphatic rings. The van der Waals surface area contributed by atoms with Gasteiger partial charge in [0.1, 0.15) is 22.8 Å². The van der Waals surface area contributed by atoms with Crippen LogP contribution in [-0.2, 0) is 4.43 Å². The molecule has 3 heteroatoms. The highest BCUT2D eigenvalue weighted by molar-refractivity contribution is 5.98. The van der Waals surface area contributed by atoms with E-state index in [4.69, 9.17) is 15.6 Å². The summed E-state index contributed by atoms with van der Waals surface area (Å²) >= 11 is 0. The molecule has 0 aliphatic carbocycles. The molecule has 1 aromatic carbocycles. The summed E-state index contributed by atoms with van der Waals surface area (Å²) in [6.07, 6.45) is 6.20. The van der Waals surface area contributed by atoms with Crippen LogP contribution in [-0.4, -0.2) is 22.7 Å². The van der Waals surface area contributed by atoms with Crippen molar-refractivity contribution < 1.29 is 9.16 Å². The molecule has 0 aliphatic heterocycles. The van der Waals surface area contributed by atoms with Gasteiger partial charge in [-0.1, -0.05) is 45.7 Å². The minimum atomic E-state index is -0.0999. The van der Waals surface area contributed by atoms with Crippen LogP contribution in [0.5, 0.6) is 5.75 Å². The van der Waals surface area contributed by atoms with Crippen LogP contribution in [0.3, 0.4) is 0 Å². The van der Waals surface area contributed by atoms with Crippen LogP contribution in [0.4, 0.5) is 0 Å². The van der Waals surface area contributed by atoms with Gasteiger partial charge in [0.05, 0.1) is 5.60 Å². The van der Waals surface area contributed by atoms with Crippen LogP contribution in [0.25, 0.3) is 0 Å². The van der Waals surface area contributed by atoms with Crippen LogP contribution in [0.15, 0.2) is 24.3 Å². The largest absolute Gasteiger partial charge is 0.481 e. The molecule has 0 bridgehead atoms. The Morgan fingerprint density at radius 1 is 1.19 bits per heavy atom. The van der Waals surface area contributed by atoms with Gasteiger partial charge in [0.25, 0.3) is 0 Å². The fraction of sp³-hybridized carbons (Fsp3) is 0.556. The number of hydrogen-bond donors (Lipinski definition) is 0. The molecule has 1 aromatic rings. The van der Waals surface area contributed by atoms with Crippen molar-refractivity contribution in [1.29, 1.82) is 0 Å². The second-order valence-corrected chi connectivity index (χ2v) is 7.26. The van der Waals surface area contributed by atoms with Gasteiger partial charge < -0.3 is 9.16 Å². The first-order valence-electron chi connectivity index (χ1n) is 7.45. The van der Waals surface area contributed by atoms with Crippen molar-refractivity contribution in [2.24, 2.45) is 5.41 Å². The van der Waals surface area contributed by atoms with Crippen LogP contribution >= 0.6 is 0 Å². The van der Waals surface area contributed by atoms with Gasteiger partial charge in [0.15, 0.2) is 0 Å². The third-order valence-electron chi connectivity index (χ3n) is 4.50. The molecule has 0 N–H and O–H groups in total. The third-order valence-corrected chi connectivity index (χ3v) is 5.41. The first kappa shape index (κ1) is 17.8. The maximum Gasteiger partial charge on any atom is 0.148 e. The lowest BCUT2D eigenvalue weighted by atomic mass is 9.72. The topological polar surface area (TPSA) is 18.5 Å². The molecule has 0 spiro atoms. The Balaban J connectivity index is 2.80. The van der Waals surface area contributed by atoms with Crippen molar-refractivity contribution in [1.82, 2.24) is 0 Å². The van der Waals surface area contributed by atoms with Crippen molar-refractivity contribution >= 4 is 10.5 Å². The van der Waals surface area contributed by atoms with Crippen LogP contribution in [0.2, 0.25) is 0 Å². The second-order valence-electron chi connectivity index (χ2n) is 6.85. The van der Waals surface area contributed by atoms with E-state index in [9.17, 15) is 0 Å². The molecule has 0 saturated heterocycles. The zero-order valence-electron chi connectivity index (χ0n) is 14.2. The molecule has 0 aromatic heterocycles. The number of terminal acetylenes is 1. The van der Waals surface area contributed by atoms with Gasteiger partial charge in [-0.2, -0.15) is 0 Å². The van der Waals surface area contributed by atoms with Gasteiger partial charge in [-0.15, -0.1) is 6.42 Å². The van der Waals surface area contributed by atoms with E-state index in [1.54, 1.807) is 0 Å². The predicted molar refractivity (Wildman–Crippen MR) is 92.7 cm³/mol. The summed E-state index contributed by atoms with van der Waals surface area (Å²) in [6.45, 7) is 11.5. The highest BCUT2D eigenvalue weighted by atomic mass is 28.2. The Hall–Kier alpha value is -1.24. The normalized spacial score (nSPS) is 16.0. The first-order valence-corrected chi connectivity index (χ1v) is 8.26. The average molecular weight is 305 g/mol. The molecule has 0 heterocycles. The average Bonchev–Trinajstić information content (AvgIpc) is 2.44. The van der Waals surface area contributed by atoms with Crippen LogP contribution in [0.1, 0.15) is 52.5 Å². The standard InChI is InChI=1S/C18H28O2Si/c1-7-12-19-16-10-8-15(9-11-16)14(2)13-18(6,20-21)17(3,4)5/h1,8-11,14H,12-13H2,2-6,21H3. The lowest BCUT2D eigenvalue weighted by molar-refractivity contribution is -0.0220. The molecule has 2 nitrogen and oxygen atoms in total. The number of hydrogen-bond acceptors (Lipinski definition) is 2. The molecule has 0 fully saturated rings. The van der Waals surface area contributed by atoms with Crippen LogP contribution in [0, 0.1) is 17.8 Å². The third kappa shape index (κ3) is 4.62. The highest BCUT2D eigenvalue weighted by Crippen LogP contribution is 2.40. The van der Waals surface area contributed by atoms with E-state index < -0.39 is 0 Å². The molecule has 116 valence electrons. The number of ether oxygens (including phenoxy) is 1. The zero-order chi connectivity index (χ0) is 16.1. The minimum absolute atomic E-state index is 0.0999. The summed E-state index contributed by atoms with van der Waals surface area (Å²) in [5.74, 6) is 3.73. The molecule has 2 atom stereocenters. The van der Waals surface area contributed by atoms with Gasteiger partial charge in [0.2, 0.25) is 0 Å². The lowest BCUT2D eigenvalue weighted by Gasteiger charge is -2.43. The number of rotatable bonds is 6. The smallest absolute Gasteiger partial charge is 0.148 e. The summed E-state index contributed by atoms with van der Waals surface area (Å²) in [6, 6.07) is 8.21. The molecule has 21 heavy (non-hydrogen) atoms. The fourth-order valence-electron chi connectivity index (χ4n) is 2.42. The van der Waals surface area contributed by atoms with Gasteiger partial charge in [-0.25, -0.2) is 0 Å². The molecule has 0 saturated carbocycles. The van der Waals surface area contributed by atoms with Gasteiger partial charge in [-0.3, -0.25) is 0 Å². The zero-order valence-corrected chi connectivity index (χ0v) is 16.2. The van der Waals surface area contributed by atoms with Crippen molar-refractivity contribution in [3.8, 4) is 18.1 Å². The minimum Gasteiger partial charge on any atom is -0.481 e. The van der Waals surface area contributed by atoms with E-state index in [0.29, 0.717) is 12.5 Å². The van der Waals surface area contributed by atoms with E-state index in [0.717, 1.165) is 22.7 Å². The van der Waals surface area contributed by atoms with Gasteiger partial charge in [-0.05, 0) is 42.4 Å². The first-order chi connectivity index (χ1) is 9.73. The molecular formula is C18H28O2Si. The molecule has 2 unspecified atom stereocenters. The monoisotopic (exact) mass is 304 g/mol. The Kier molecular flexibility index (Phi) is 6.06. The molecular weight excluding hydrogens is 276 g/mol. The van der Waals surface area contributed by atoms with E-state index in [2.05, 4.69) is 52.7 Å². The van der Waals surface area contributed by atoms with Crippen molar-refractivity contribution in [2.45, 2.75) is 52.6 Å². The Labute approximate surface area is 132 Å². The highest BCUT2D eigenvalue weighted by Gasteiger charge is 2.38. The predicted octanol–water partition coefficient (Wildman–Crippen LogP) is 3.29. The Morgan fingerprint density at radius 2 is 1.76 bits per heavy atom. The second kappa shape index (κ2) is 7.15. The van der Waals surface area contributed by atoms with E-state index in [1.165, 1.54) is 5.56 Å². The van der Waals surface area contributed by atoms with Crippen molar-refractivity contribution in [2.75, 3.05) is 6.61 Å². The summed E-state index contributed by atoms with van der Waals surface area (Å²) < 4.78 is 11.4. The maximum absolute atomic E-state index is 5.96.